The zero-order chi connectivity index (χ0) is 63.3. The molecule has 0 bridgehead atoms. The van der Waals surface area contributed by atoms with Crippen molar-refractivity contribution in [2.24, 2.45) is 10.8 Å². The van der Waals surface area contributed by atoms with Crippen LogP contribution in [0.2, 0.25) is 0 Å². The molecule has 4 nitrogen and oxygen atoms in total. The number of aliphatic carboxylic acids is 2. The Bertz CT molecular complexity index is 2660. The molecule has 0 fully saturated rings. The molecule has 7 rings (SSSR count). The number of rotatable bonds is 6. The Morgan fingerprint density at radius 2 is 0.440 bits per heavy atom. The molecule has 7 aromatic rings. The van der Waals surface area contributed by atoms with Gasteiger partial charge in [0.05, 0.1) is 44.2 Å². The number of carboxylic acid groups (broad SMARTS) is 2. The average Bonchev–Trinajstić information content (AvgIpc) is 3.55. The molecule has 0 aliphatic carbocycles. The van der Waals surface area contributed by atoms with Crippen molar-refractivity contribution in [3.8, 4) is 0 Å². The summed E-state index contributed by atoms with van der Waals surface area (Å²) in [5.41, 5.74) is -5.34. The van der Waals surface area contributed by atoms with Gasteiger partial charge in [0.15, 0.2) is 0 Å². The van der Waals surface area contributed by atoms with E-state index >= 15 is 0 Å². The number of carbonyl (C=O) groups is 2. The van der Waals surface area contributed by atoms with Crippen molar-refractivity contribution in [2.75, 3.05) is 0 Å². The van der Waals surface area contributed by atoms with E-state index in [0.717, 1.165) is 72.8 Å². The molecule has 1 radical (unpaired) electrons. The fourth-order valence-electron chi connectivity index (χ4n) is 6.16. The van der Waals surface area contributed by atoms with Crippen LogP contribution >= 0.6 is 15.8 Å². The third-order valence-electron chi connectivity index (χ3n) is 10.9. The van der Waals surface area contributed by atoms with Crippen LogP contribution in [0.5, 0.6) is 0 Å². The zero-order valence-corrected chi connectivity index (χ0v) is 48.3. The summed E-state index contributed by atoms with van der Waals surface area (Å²) in [6.07, 6.45) is -27.5. The summed E-state index contributed by atoms with van der Waals surface area (Å²) >= 11 is 0. The first kappa shape index (κ1) is 73.8. The molecule has 457 valence electrons. The van der Waals surface area contributed by atoms with E-state index in [1.54, 1.807) is 41.5 Å². The van der Waals surface area contributed by atoms with Crippen LogP contribution < -0.4 is 31.8 Å². The molecule has 0 amide bonds. The summed E-state index contributed by atoms with van der Waals surface area (Å²) in [5, 5.41) is 18.6. The molecule has 0 aliphatic rings. The maximum absolute atomic E-state index is 12.9. The van der Waals surface area contributed by atoms with E-state index < -0.39 is 109 Å². The van der Waals surface area contributed by atoms with Crippen LogP contribution in [0.3, 0.4) is 0 Å². The van der Waals surface area contributed by atoms with Gasteiger partial charge in [0.1, 0.15) is 0 Å². The van der Waals surface area contributed by atoms with Gasteiger partial charge in [0, 0.05) is 19.5 Å². The molecular formula is C59H51F18O4P2Rh-. The van der Waals surface area contributed by atoms with Crippen molar-refractivity contribution in [1.29, 1.82) is 0 Å². The Morgan fingerprint density at radius 1 is 0.310 bits per heavy atom. The van der Waals surface area contributed by atoms with Crippen molar-refractivity contribution in [1.82, 2.24) is 0 Å². The Kier molecular flexibility index (Phi) is 26.1. The van der Waals surface area contributed by atoms with Gasteiger partial charge in [0.25, 0.3) is 0 Å². The second-order valence-electron chi connectivity index (χ2n) is 19.6. The van der Waals surface area contributed by atoms with Gasteiger partial charge >= 0.3 is 49.0 Å². The second kappa shape index (κ2) is 29.7. The largest absolute Gasteiger partial charge is 0.481 e. The van der Waals surface area contributed by atoms with Crippen LogP contribution in [0.4, 0.5) is 79.0 Å². The fourth-order valence-corrected chi connectivity index (χ4v) is 10.6. The van der Waals surface area contributed by atoms with E-state index in [1.807, 2.05) is 24.3 Å². The van der Waals surface area contributed by atoms with Crippen molar-refractivity contribution >= 4 is 59.6 Å². The smallest absolute Gasteiger partial charge is 0.416 e. The quantitative estimate of drug-likeness (QED) is 0.0753. The fraction of sp³-hybridized carbons (Fsp3) is 0.254. The molecule has 0 heterocycles. The van der Waals surface area contributed by atoms with Crippen molar-refractivity contribution in [2.45, 2.75) is 85.5 Å². The van der Waals surface area contributed by atoms with Crippen LogP contribution in [0.1, 0.15) is 80.5 Å². The summed E-state index contributed by atoms with van der Waals surface area (Å²) in [6.45, 7) is 12.0. The van der Waals surface area contributed by atoms with Gasteiger partial charge in [-0.25, -0.2) is 0 Å². The van der Waals surface area contributed by atoms with Gasteiger partial charge in [-0.3, -0.25) is 9.59 Å². The van der Waals surface area contributed by atoms with Gasteiger partial charge in [-0.1, -0.05) is 79.7 Å². The molecule has 0 saturated heterocycles. The van der Waals surface area contributed by atoms with Crippen molar-refractivity contribution in [3.05, 3.63) is 215 Å². The molecule has 0 atom stereocenters. The van der Waals surface area contributed by atoms with E-state index in [1.165, 1.54) is 78.4 Å². The predicted octanol–water partition coefficient (Wildman–Crippen LogP) is 17.0. The number of halogens is 18. The van der Waals surface area contributed by atoms with E-state index in [-0.39, 0.29) is 19.5 Å². The van der Waals surface area contributed by atoms with Crippen LogP contribution in [0, 0.1) is 23.8 Å². The minimum absolute atomic E-state index is 0. The normalized spacial score (nSPS) is 12.2. The number of hydrogen-bond donors (Lipinski definition) is 2. The van der Waals surface area contributed by atoms with Crippen molar-refractivity contribution in [3.63, 3.8) is 0 Å². The summed E-state index contributed by atoms with van der Waals surface area (Å²) in [4.78, 5) is 20.0. The maximum atomic E-state index is 12.9. The van der Waals surface area contributed by atoms with Gasteiger partial charge in [0.2, 0.25) is 0 Å². The number of aryl methyl sites for hydroxylation is 1. The third-order valence-corrected chi connectivity index (χ3v) is 15.8. The van der Waals surface area contributed by atoms with E-state index in [0.29, 0.717) is 31.8 Å². The number of hydrogen-bond acceptors (Lipinski definition) is 2. The maximum Gasteiger partial charge on any atom is 0.416 e. The monoisotopic (exact) mass is 1330 g/mol. The molecule has 0 spiro atoms. The minimum atomic E-state index is -4.58. The number of carboxylic acids is 2. The van der Waals surface area contributed by atoms with Gasteiger partial charge < -0.3 is 10.2 Å². The number of alkyl halides is 18. The molecule has 7 aromatic carbocycles. The van der Waals surface area contributed by atoms with Crippen molar-refractivity contribution < 1.29 is 118 Å². The number of benzene rings is 7. The van der Waals surface area contributed by atoms with Gasteiger partial charge in [-0.2, -0.15) is 115 Å². The first-order valence-electron chi connectivity index (χ1n) is 23.8. The molecule has 0 unspecified atom stereocenters. The van der Waals surface area contributed by atoms with Crippen LogP contribution in [0.15, 0.2) is 170 Å². The summed E-state index contributed by atoms with van der Waals surface area (Å²) in [6, 6.07) is 35.0. The Hall–Kier alpha value is -6.30. The van der Waals surface area contributed by atoms with Crippen LogP contribution in [-0.2, 0) is 66.1 Å². The summed E-state index contributed by atoms with van der Waals surface area (Å²) in [5.74, 6) is -1.51. The SMILES string of the molecule is CC(C)(C)C(=O)O.CC(C)(C)C(=O)O.Cc1cc[c-]cc1.FC(F)(F)c1ccc(P(c2ccc(C(F)(F)F)cc2)c2ccc(C(F)(F)F)cc2)cc1.FC(F)(F)c1ccc(P(c2ccc(C(F)(F)F)cc2)c2ccc(C(F)(F)F)cc2)cc1.[Rh]. The standard InChI is InChI=1S/2C21H12F9P.C7H7.2C5H10O2.Rh/c2*22-19(23,24)13-1-7-16(8-2-13)31(17-9-3-14(4-10-17)20(25,26)27)18-11-5-15(6-12-18)21(28,29)30;1-7-5-3-2-4-6-7;2*1-5(2,3)4(6)7;/h2*1-12H;3-6H,1H3;2*1-3H3,(H,6,7);/q;;-1;;;. The molecule has 0 aromatic heterocycles. The summed E-state index contributed by atoms with van der Waals surface area (Å²) in [7, 11) is -3.39. The molecule has 0 aliphatic heterocycles. The van der Waals surface area contributed by atoms with Crippen LogP contribution in [-0.4, -0.2) is 22.2 Å². The Labute approximate surface area is 487 Å². The Balaban J connectivity index is 0.000000423. The topological polar surface area (TPSA) is 74.6 Å². The van der Waals surface area contributed by atoms with E-state index in [4.69, 9.17) is 10.2 Å². The molecular weight excluding hydrogens is 1280 g/mol. The second-order valence-corrected chi connectivity index (χ2v) is 24.1. The molecule has 84 heavy (non-hydrogen) atoms. The Morgan fingerprint density at radius 3 is 0.524 bits per heavy atom. The van der Waals surface area contributed by atoms with Gasteiger partial charge in [-0.05, 0) is 162 Å². The van der Waals surface area contributed by atoms with E-state index in [9.17, 15) is 88.6 Å². The summed E-state index contributed by atoms with van der Waals surface area (Å²) < 4.78 is 232. The predicted molar refractivity (Wildman–Crippen MR) is 285 cm³/mol. The zero-order valence-electron chi connectivity index (χ0n) is 44.9. The van der Waals surface area contributed by atoms with E-state index in [2.05, 4.69) is 13.0 Å². The molecule has 25 heteroatoms. The average molecular weight is 1330 g/mol. The molecule has 2 N–H and O–H groups in total. The third kappa shape index (κ3) is 23.6. The first-order valence-corrected chi connectivity index (χ1v) is 26.5. The van der Waals surface area contributed by atoms with Crippen LogP contribution in [0.25, 0.3) is 0 Å². The van der Waals surface area contributed by atoms with Gasteiger partial charge in [-0.15, -0.1) is 0 Å². The first-order chi connectivity index (χ1) is 37.8. The molecule has 0 saturated carbocycles. The minimum Gasteiger partial charge on any atom is -0.481 e.